The molecule has 2 fully saturated rings. The number of aryl methyl sites for hydroxylation is 1. The third-order valence-electron chi connectivity index (χ3n) is 6.73. The zero-order valence-electron chi connectivity index (χ0n) is 21.4. The molecule has 8 heteroatoms. The zero-order chi connectivity index (χ0) is 26.5. The fraction of sp³-hybridized carbons (Fsp3) is 0.367. The molecule has 38 heavy (non-hydrogen) atoms. The molecule has 2 saturated heterocycles. The molecule has 0 radical (unpaired) electrons. The highest BCUT2D eigenvalue weighted by atomic mass is 16.7. The molecule has 2 unspecified atom stereocenters. The molecule has 0 bridgehead atoms. The maximum absolute atomic E-state index is 11.3. The van der Waals surface area contributed by atoms with Crippen LogP contribution in [0.5, 0.6) is 23.0 Å². The number of rotatable bonds is 1. The van der Waals surface area contributed by atoms with E-state index in [9.17, 15) is 9.90 Å². The van der Waals surface area contributed by atoms with E-state index in [2.05, 4.69) is 12.7 Å². The van der Waals surface area contributed by atoms with Crippen LogP contribution in [0.2, 0.25) is 0 Å². The highest BCUT2D eigenvalue weighted by Gasteiger charge is 2.38. The molecule has 8 nitrogen and oxygen atoms in total. The van der Waals surface area contributed by atoms with Gasteiger partial charge in [-0.3, -0.25) is 4.79 Å². The lowest BCUT2D eigenvalue weighted by atomic mass is 9.93. The first kappa shape index (κ1) is 25.7. The normalized spacial score (nSPS) is 23.1. The maximum Gasteiger partial charge on any atom is 0.231 e. The van der Waals surface area contributed by atoms with Gasteiger partial charge in [0.1, 0.15) is 23.4 Å². The number of benzene rings is 2. The lowest BCUT2D eigenvalue weighted by molar-refractivity contribution is -0.114. The quantitative estimate of drug-likeness (QED) is 0.514. The van der Waals surface area contributed by atoms with Crippen LogP contribution in [0, 0.1) is 6.92 Å². The maximum atomic E-state index is 11.3. The molecular weight excluding hydrogens is 488 g/mol. The molecule has 5 aliphatic heterocycles. The zero-order valence-corrected chi connectivity index (χ0v) is 21.4. The molecule has 0 saturated carbocycles. The second kappa shape index (κ2) is 11.6. The van der Waals surface area contributed by atoms with Gasteiger partial charge < -0.3 is 33.5 Å². The summed E-state index contributed by atoms with van der Waals surface area (Å²) in [7, 11) is 0. The lowest BCUT2D eigenvalue weighted by Crippen LogP contribution is -2.29. The Bertz CT molecular complexity index is 1260. The summed E-state index contributed by atoms with van der Waals surface area (Å²) in [6.45, 7) is 8.54. The Morgan fingerprint density at radius 1 is 1.00 bits per heavy atom. The van der Waals surface area contributed by atoms with Gasteiger partial charge in [-0.1, -0.05) is 18.7 Å². The van der Waals surface area contributed by atoms with Gasteiger partial charge in [0.25, 0.3) is 0 Å². The van der Waals surface area contributed by atoms with E-state index in [0.29, 0.717) is 31.5 Å². The summed E-state index contributed by atoms with van der Waals surface area (Å²) in [5.41, 5.74) is 2.86. The van der Waals surface area contributed by atoms with Crippen molar-refractivity contribution in [3.05, 3.63) is 77.3 Å². The Kier molecular flexibility index (Phi) is 7.89. The summed E-state index contributed by atoms with van der Waals surface area (Å²) >= 11 is 0. The van der Waals surface area contributed by atoms with Crippen molar-refractivity contribution in [1.82, 2.24) is 0 Å². The van der Waals surface area contributed by atoms with Crippen LogP contribution in [0.15, 0.2) is 60.6 Å². The molecule has 0 amide bonds. The molecule has 5 heterocycles. The van der Waals surface area contributed by atoms with Crippen molar-refractivity contribution in [2.75, 3.05) is 33.2 Å². The van der Waals surface area contributed by atoms with Gasteiger partial charge in [-0.25, -0.2) is 0 Å². The van der Waals surface area contributed by atoms with E-state index in [4.69, 9.17) is 28.4 Å². The summed E-state index contributed by atoms with van der Waals surface area (Å²) in [5.74, 6) is 4.41. The van der Waals surface area contributed by atoms with Gasteiger partial charge in [0, 0.05) is 30.4 Å². The number of allylic oxidation sites excluding steroid dienone is 2. The molecule has 7 rings (SSSR count). The fourth-order valence-electron chi connectivity index (χ4n) is 4.66. The Balaban J connectivity index is 0.000000125. The summed E-state index contributed by atoms with van der Waals surface area (Å²) in [5, 5.41) is 9.34. The SMILES string of the molecule is C=C1C=CCCO1.Cc1cc(/C=C2\OCCC2=O)ccc1O.c1c2c(cc3c1OC1CCOCC31)OCO2. The van der Waals surface area contributed by atoms with Crippen molar-refractivity contribution in [2.24, 2.45) is 0 Å². The number of hydrogen-bond donors (Lipinski definition) is 1. The number of ketones is 1. The summed E-state index contributed by atoms with van der Waals surface area (Å²) in [6.07, 6.45) is 8.39. The van der Waals surface area contributed by atoms with Crippen LogP contribution >= 0.6 is 0 Å². The van der Waals surface area contributed by atoms with E-state index in [-0.39, 0.29) is 17.6 Å². The van der Waals surface area contributed by atoms with E-state index in [1.54, 1.807) is 18.2 Å². The average Bonchev–Trinajstić information content (AvgIpc) is 3.64. The molecule has 2 aromatic carbocycles. The molecule has 0 aliphatic carbocycles. The number of fused-ring (bicyclic) bond motifs is 4. The number of ether oxygens (including phenoxy) is 6. The average molecular weight is 521 g/mol. The number of carbonyl (C=O) groups excluding carboxylic acids is 1. The first-order valence-corrected chi connectivity index (χ1v) is 12.8. The number of carbonyl (C=O) groups is 1. The second-order valence-electron chi connectivity index (χ2n) is 9.45. The van der Waals surface area contributed by atoms with Crippen molar-refractivity contribution in [3.8, 4) is 23.0 Å². The van der Waals surface area contributed by atoms with Crippen LogP contribution in [0.3, 0.4) is 0 Å². The van der Waals surface area contributed by atoms with Gasteiger partial charge in [-0.2, -0.15) is 0 Å². The third-order valence-corrected chi connectivity index (χ3v) is 6.73. The monoisotopic (exact) mass is 520 g/mol. The molecule has 5 aliphatic rings. The first-order valence-electron chi connectivity index (χ1n) is 12.8. The van der Waals surface area contributed by atoms with Crippen molar-refractivity contribution < 1.29 is 38.3 Å². The van der Waals surface area contributed by atoms with Gasteiger partial charge in [-0.05, 0) is 54.8 Å². The Labute approximate surface area is 222 Å². The molecule has 200 valence electrons. The van der Waals surface area contributed by atoms with Crippen LogP contribution in [-0.4, -0.2) is 50.2 Å². The first-order chi connectivity index (χ1) is 18.5. The van der Waals surface area contributed by atoms with Gasteiger partial charge in [-0.15, -0.1) is 0 Å². The molecule has 0 spiro atoms. The smallest absolute Gasteiger partial charge is 0.231 e. The van der Waals surface area contributed by atoms with E-state index in [1.807, 2.05) is 31.2 Å². The van der Waals surface area contributed by atoms with Crippen molar-refractivity contribution in [1.29, 1.82) is 0 Å². The van der Waals surface area contributed by atoms with Crippen LogP contribution in [0.4, 0.5) is 0 Å². The summed E-state index contributed by atoms with van der Waals surface area (Å²) in [6, 6.07) is 9.16. The summed E-state index contributed by atoms with van der Waals surface area (Å²) in [4.78, 5) is 11.3. The third kappa shape index (κ3) is 5.97. The van der Waals surface area contributed by atoms with Crippen LogP contribution in [-0.2, 0) is 19.0 Å². The summed E-state index contributed by atoms with van der Waals surface area (Å²) < 4.78 is 32.3. The second-order valence-corrected chi connectivity index (χ2v) is 9.45. The van der Waals surface area contributed by atoms with Crippen molar-refractivity contribution in [2.45, 2.75) is 38.2 Å². The predicted octanol–water partition coefficient (Wildman–Crippen LogP) is 5.19. The molecule has 0 aromatic heterocycles. The number of phenols is 1. The Morgan fingerprint density at radius 3 is 2.53 bits per heavy atom. The largest absolute Gasteiger partial charge is 0.508 e. The molecule has 1 N–H and O–H groups in total. The topological polar surface area (TPSA) is 92.7 Å². The fourth-order valence-corrected chi connectivity index (χ4v) is 4.66. The van der Waals surface area contributed by atoms with E-state index in [0.717, 1.165) is 66.8 Å². The number of Topliss-reactive ketones (excluding diaryl/α,β-unsaturated/α-hetero) is 1. The van der Waals surface area contributed by atoms with Crippen LogP contribution < -0.4 is 14.2 Å². The molecule has 2 aromatic rings. The van der Waals surface area contributed by atoms with Crippen molar-refractivity contribution >= 4 is 11.9 Å². The van der Waals surface area contributed by atoms with Gasteiger partial charge in [0.2, 0.25) is 12.6 Å². The van der Waals surface area contributed by atoms with Gasteiger partial charge >= 0.3 is 0 Å². The van der Waals surface area contributed by atoms with Gasteiger partial charge in [0.15, 0.2) is 17.3 Å². The van der Waals surface area contributed by atoms with Crippen molar-refractivity contribution in [3.63, 3.8) is 0 Å². The minimum atomic E-state index is 0.0423. The van der Waals surface area contributed by atoms with E-state index < -0.39 is 0 Å². The standard InChI is InChI=1S/C12H12O4.C12H12O3.C6H8O/c1-2-13-5-8-7-3-11-12(15-6-14-11)4-10(7)16-9(1)8;1-8-6-9(2-3-10(8)13)7-12-11(14)4-5-15-12;1-6-4-2-3-5-7-6/h3-4,8-9H,1-2,5-6H2;2-3,6-7,13H,4-5H2,1H3;2,4H,1,3,5H2/b;12-7-;. The Hall–Kier alpha value is -3.91. The molecular formula is C30H32O8. The van der Waals surface area contributed by atoms with Crippen LogP contribution in [0.25, 0.3) is 6.08 Å². The minimum absolute atomic E-state index is 0.0423. The highest BCUT2D eigenvalue weighted by molar-refractivity contribution is 5.99. The van der Waals surface area contributed by atoms with E-state index >= 15 is 0 Å². The number of phenolic OH excluding ortho intramolecular Hbond substituents is 1. The predicted molar refractivity (Wildman–Crippen MR) is 140 cm³/mol. The van der Waals surface area contributed by atoms with Crippen LogP contribution in [0.1, 0.15) is 41.9 Å². The van der Waals surface area contributed by atoms with Gasteiger partial charge in [0.05, 0.1) is 26.4 Å². The number of hydrogen-bond acceptors (Lipinski definition) is 8. The minimum Gasteiger partial charge on any atom is -0.508 e. The Morgan fingerprint density at radius 2 is 1.84 bits per heavy atom. The highest BCUT2D eigenvalue weighted by Crippen LogP contribution is 2.47. The molecule has 2 atom stereocenters. The number of aromatic hydroxyl groups is 1. The van der Waals surface area contributed by atoms with E-state index in [1.165, 1.54) is 5.56 Å². The lowest BCUT2D eigenvalue weighted by Gasteiger charge is -2.24.